The Morgan fingerprint density at radius 3 is 2.43 bits per heavy atom. The molecule has 1 atom stereocenters. The van der Waals surface area contributed by atoms with E-state index in [0.717, 1.165) is 11.1 Å². The summed E-state index contributed by atoms with van der Waals surface area (Å²) >= 11 is 0. The predicted molar refractivity (Wildman–Crippen MR) is 108 cm³/mol. The molecule has 3 aromatic rings. The van der Waals surface area contributed by atoms with Crippen molar-refractivity contribution in [3.05, 3.63) is 101 Å². The van der Waals surface area contributed by atoms with Gasteiger partial charge in [-0.15, -0.1) is 0 Å². The Morgan fingerprint density at radius 1 is 0.964 bits per heavy atom. The Kier molecular flexibility index (Phi) is 4.57. The average molecular weight is 371 g/mol. The number of carbonyl (C=O) groups excluding carboxylic acids is 2. The number of para-hydroxylation sites is 1. The number of amides is 1. The lowest BCUT2D eigenvalue weighted by Gasteiger charge is -2.23. The molecule has 1 unspecified atom stereocenters. The first kappa shape index (κ1) is 18.1. The molecule has 0 fully saturated rings. The molecule has 0 radical (unpaired) electrons. The van der Waals surface area contributed by atoms with Crippen LogP contribution in [-0.4, -0.2) is 16.8 Å². The first-order chi connectivity index (χ1) is 13.5. The van der Waals surface area contributed by atoms with Crippen molar-refractivity contribution in [3.8, 4) is 0 Å². The second-order valence-corrected chi connectivity index (χ2v) is 7.22. The van der Waals surface area contributed by atoms with Crippen LogP contribution in [0.1, 0.15) is 33.5 Å². The number of aliphatic hydroxyl groups is 1. The highest BCUT2D eigenvalue weighted by Crippen LogP contribution is 2.43. The van der Waals surface area contributed by atoms with E-state index < -0.39 is 11.5 Å². The molecular formula is C24H21NO3. The second kappa shape index (κ2) is 7.06. The SMILES string of the molecule is Cc1cccc(CN2C(=O)C(O)(CC(=O)c3ccccc3)c3ccccc32)c1. The van der Waals surface area contributed by atoms with Crippen molar-refractivity contribution < 1.29 is 14.7 Å². The van der Waals surface area contributed by atoms with Gasteiger partial charge < -0.3 is 10.0 Å². The summed E-state index contributed by atoms with van der Waals surface area (Å²) in [7, 11) is 0. The van der Waals surface area contributed by atoms with E-state index in [2.05, 4.69) is 0 Å². The van der Waals surface area contributed by atoms with Crippen LogP contribution in [0.4, 0.5) is 5.69 Å². The minimum Gasteiger partial charge on any atom is -0.375 e. The molecule has 0 aliphatic carbocycles. The van der Waals surface area contributed by atoms with Crippen molar-refractivity contribution in [2.24, 2.45) is 0 Å². The van der Waals surface area contributed by atoms with Gasteiger partial charge in [0.1, 0.15) is 0 Å². The van der Waals surface area contributed by atoms with Gasteiger partial charge in [0.05, 0.1) is 18.7 Å². The van der Waals surface area contributed by atoms with Crippen LogP contribution in [0.3, 0.4) is 0 Å². The number of aryl methyl sites for hydroxylation is 1. The van der Waals surface area contributed by atoms with Crippen molar-refractivity contribution in [1.82, 2.24) is 0 Å². The van der Waals surface area contributed by atoms with Crippen LogP contribution < -0.4 is 4.90 Å². The van der Waals surface area contributed by atoms with E-state index in [0.29, 0.717) is 23.4 Å². The number of Topliss-reactive ketones (excluding diaryl/α,β-unsaturated/α-hetero) is 1. The summed E-state index contributed by atoms with van der Waals surface area (Å²) in [6, 6.07) is 23.8. The molecule has 1 aliphatic heterocycles. The average Bonchev–Trinajstić information content (AvgIpc) is 2.91. The van der Waals surface area contributed by atoms with Gasteiger partial charge >= 0.3 is 0 Å². The number of nitrogens with zero attached hydrogens (tertiary/aromatic N) is 1. The fraction of sp³-hybridized carbons (Fsp3) is 0.167. The van der Waals surface area contributed by atoms with Gasteiger partial charge in [-0.25, -0.2) is 0 Å². The highest BCUT2D eigenvalue weighted by atomic mass is 16.3. The number of fused-ring (bicyclic) bond motifs is 1. The minimum atomic E-state index is -1.85. The topological polar surface area (TPSA) is 57.6 Å². The number of hydrogen-bond donors (Lipinski definition) is 1. The highest BCUT2D eigenvalue weighted by molar-refractivity contribution is 6.10. The van der Waals surface area contributed by atoms with Gasteiger partial charge in [0.25, 0.3) is 5.91 Å². The molecule has 1 amide bonds. The predicted octanol–water partition coefficient (Wildman–Crippen LogP) is 4.00. The molecule has 3 aromatic carbocycles. The lowest BCUT2D eigenvalue weighted by Crippen LogP contribution is -2.41. The van der Waals surface area contributed by atoms with Crippen LogP contribution in [0.2, 0.25) is 0 Å². The largest absolute Gasteiger partial charge is 0.375 e. The molecule has 140 valence electrons. The van der Waals surface area contributed by atoms with E-state index in [1.54, 1.807) is 41.3 Å². The summed E-state index contributed by atoms with van der Waals surface area (Å²) in [5, 5.41) is 11.3. The number of hydrogen-bond acceptors (Lipinski definition) is 3. The Bertz CT molecular complexity index is 1040. The van der Waals surface area contributed by atoms with E-state index in [9.17, 15) is 14.7 Å². The van der Waals surface area contributed by atoms with Gasteiger partial charge in [0.2, 0.25) is 0 Å². The standard InChI is InChI=1S/C24H21NO3/c1-17-8-7-9-18(14-17)16-25-21-13-6-5-12-20(21)24(28,23(25)27)15-22(26)19-10-3-2-4-11-19/h2-14,28H,15-16H2,1H3. The second-order valence-electron chi connectivity index (χ2n) is 7.22. The van der Waals surface area contributed by atoms with Gasteiger partial charge in [-0.05, 0) is 18.6 Å². The monoisotopic (exact) mass is 371 g/mol. The summed E-state index contributed by atoms with van der Waals surface area (Å²) in [5.74, 6) is -0.719. The summed E-state index contributed by atoms with van der Waals surface area (Å²) < 4.78 is 0. The van der Waals surface area contributed by atoms with Crippen LogP contribution in [0.25, 0.3) is 0 Å². The van der Waals surface area contributed by atoms with E-state index in [1.165, 1.54) is 0 Å². The molecule has 0 aromatic heterocycles. The van der Waals surface area contributed by atoms with Gasteiger partial charge in [-0.3, -0.25) is 9.59 Å². The van der Waals surface area contributed by atoms with E-state index in [1.807, 2.05) is 49.4 Å². The number of carbonyl (C=O) groups is 2. The fourth-order valence-corrected chi connectivity index (χ4v) is 3.79. The molecule has 0 spiro atoms. The Balaban J connectivity index is 1.69. The minimum absolute atomic E-state index is 0.261. The van der Waals surface area contributed by atoms with Crippen LogP contribution >= 0.6 is 0 Å². The quantitative estimate of drug-likeness (QED) is 0.690. The van der Waals surface area contributed by atoms with Gasteiger partial charge in [-0.1, -0.05) is 78.4 Å². The third-order valence-electron chi connectivity index (χ3n) is 5.17. The first-order valence-corrected chi connectivity index (χ1v) is 9.27. The van der Waals surface area contributed by atoms with Crippen LogP contribution in [0, 0.1) is 6.92 Å². The summed E-state index contributed by atoms with van der Waals surface area (Å²) in [5.41, 5.74) is 1.84. The van der Waals surface area contributed by atoms with Crippen LogP contribution in [0.5, 0.6) is 0 Å². The third-order valence-corrected chi connectivity index (χ3v) is 5.17. The molecule has 1 heterocycles. The molecule has 1 N–H and O–H groups in total. The maximum atomic E-state index is 13.3. The maximum Gasteiger partial charge on any atom is 0.264 e. The van der Waals surface area contributed by atoms with Crippen molar-refractivity contribution in [1.29, 1.82) is 0 Å². The van der Waals surface area contributed by atoms with Gasteiger partial charge in [-0.2, -0.15) is 0 Å². The van der Waals surface area contributed by atoms with Gasteiger partial charge in [0.15, 0.2) is 11.4 Å². The van der Waals surface area contributed by atoms with E-state index in [-0.39, 0.29) is 12.2 Å². The molecule has 1 aliphatic rings. The van der Waals surface area contributed by atoms with Crippen molar-refractivity contribution in [2.75, 3.05) is 4.90 Å². The smallest absolute Gasteiger partial charge is 0.264 e. The fourth-order valence-electron chi connectivity index (χ4n) is 3.79. The molecule has 4 nitrogen and oxygen atoms in total. The Labute approximate surface area is 164 Å². The first-order valence-electron chi connectivity index (χ1n) is 9.27. The molecule has 0 bridgehead atoms. The Hall–Kier alpha value is -3.24. The number of rotatable bonds is 5. The summed E-state index contributed by atoms with van der Waals surface area (Å²) in [6.45, 7) is 2.34. The van der Waals surface area contributed by atoms with Crippen molar-refractivity contribution >= 4 is 17.4 Å². The molecule has 0 saturated carbocycles. The third kappa shape index (κ3) is 3.12. The maximum absolute atomic E-state index is 13.3. The van der Waals surface area contributed by atoms with Crippen molar-refractivity contribution in [2.45, 2.75) is 25.5 Å². The number of anilines is 1. The molecule has 4 heteroatoms. The van der Waals surface area contributed by atoms with Crippen molar-refractivity contribution in [3.63, 3.8) is 0 Å². The summed E-state index contributed by atoms with van der Waals surface area (Å²) in [6.07, 6.45) is -0.281. The molecule has 28 heavy (non-hydrogen) atoms. The normalized spacial score (nSPS) is 18.2. The van der Waals surface area contributed by atoms with Gasteiger partial charge in [0, 0.05) is 11.1 Å². The lowest BCUT2D eigenvalue weighted by molar-refractivity contribution is -0.136. The van der Waals surface area contributed by atoms with E-state index in [4.69, 9.17) is 0 Å². The molecule has 4 rings (SSSR count). The molecule has 0 saturated heterocycles. The lowest BCUT2D eigenvalue weighted by atomic mass is 9.88. The zero-order valence-corrected chi connectivity index (χ0v) is 15.6. The number of ketones is 1. The van der Waals surface area contributed by atoms with Crippen LogP contribution in [-0.2, 0) is 16.9 Å². The van der Waals surface area contributed by atoms with E-state index >= 15 is 0 Å². The van der Waals surface area contributed by atoms with Crippen LogP contribution in [0.15, 0.2) is 78.9 Å². The zero-order valence-electron chi connectivity index (χ0n) is 15.6. The Morgan fingerprint density at radius 2 is 1.68 bits per heavy atom. The molecular weight excluding hydrogens is 350 g/mol. The number of benzene rings is 3. The summed E-state index contributed by atoms with van der Waals surface area (Å²) in [4.78, 5) is 27.6. The highest BCUT2D eigenvalue weighted by Gasteiger charge is 2.50. The zero-order chi connectivity index (χ0) is 19.7.